The number of nitrogens with zero attached hydrogens (tertiary/aromatic N) is 4. The van der Waals surface area contributed by atoms with Gasteiger partial charge in [0, 0.05) is 43.0 Å². The maximum atomic E-state index is 12.8. The van der Waals surface area contributed by atoms with Crippen molar-refractivity contribution < 1.29 is 5.11 Å². The Hall–Kier alpha value is -2.93. The molecule has 0 saturated carbocycles. The van der Waals surface area contributed by atoms with Gasteiger partial charge in [-0.2, -0.15) is 5.10 Å². The van der Waals surface area contributed by atoms with Gasteiger partial charge in [-0.25, -0.2) is 0 Å². The SMILES string of the molecule is Cl.O=c1cc(CCc2ccccc2)ccn1-c1ccc2c(cnn2CCN2CCC(O)C2)c1. The molecule has 4 aromatic rings. The van der Waals surface area contributed by atoms with E-state index in [4.69, 9.17) is 0 Å². The number of pyridine rings is 1. The zero-order valence-corrected chi connectivity index (χ0v) is 19.3. The molecule has 6 nitrogen and oxygen atoms in total. The highest BCUT2D eigenvalue weighted by molar-refractivity contribution is 5.85. The Morgan fingerprint density at radius 1 is 0.970 bits per heavy atom. The topological polar surface area (TPSA) is 63.3 Å². The molecule has 1 aliphatic heterocycles. The molecule has 0 radical (unpaired) electrons. The van der Waals surface area contributed by atoms with Crippen LogP contribution >= 0.6 is 12.4 Å². The van der Waals surface area contributed by atoms with Gasteiger partial charge in [0.2, 0.25) is 0 Å². The second-order valence-corrected chi connectivity index (χ2v) is 8.58. The van der Waals surface area contributed by atoms with E-state index in [1.54, 1.807) is 10.6 Å². The Bertz CT molecular complexity index is 1270. The minimum absolute atomic E-state index is 0. The standard InChI is InChI=1S/C26H28N4O2.ClH/c31-24-11-12-28(19-24)14-15-30-25-9-8-23(17-22(25)18-27-30)29-13-10-21(16-26(29)32)7-6-20-4-2-1-3-5-20;/h1-5,8-10,13,16-18,24,31H,6-7,11-12,14-15,19H2;1H. The molecule has 0 amide bonds. The molecule has 2 aromatic heterocycles. The van der Waals surface area contributed by atoms with E-state index in [0.29, 0.717) is 0 Å². The normalized spacial score (nSPS) is 16.2. The van der Waals surface area contributed by atoms with Gasteiger partial charge in [-0.05, 0) is 54.7 Å². The molecule has 1 unspecified atom stereocenters. The Morgan fingerprint density at radius 2 is 1.79 bits per heavy atom. The molecule has 1 saturated heterocycles. The van der Waals surface area contributed by atoms with E-state index in [9.17, 15) is 9.90 Å². The van der Waals surface area contributed by atoms with Crippen LogP contribution in [-0.4, -0.2) is 50.1 Å². The average Bonchev–Trinajstić information content (AvgIpc) is 3.42. The van der Waals surface area contributed by atoms with Crippen molar-refractivity contribution in [2.24, 2.45) is 0 Å². The van der Waals surface area contributed by atoms with Gasteiger partial charge in [-0.15, -0.1) is 12.4 Å². The predicted molar refractivity (Wildman–Crippen MR) is 133 cm³/mol. The molecule has 0 spiro atoms. The third kappa shape index (κ3) is 5.36. The van der Waals surface area contributed by atoms with Crippen molar-refractivity contribution in [2.75, 3.05) is 19.6 Å². The van der Waals surface area contributed by atoms with Crippen molar-refractivity contribution in [2.45, 2.75) is 31.9 Å². The van der Waals surface area contributed by atoms with Crippen molar-refractivity contribution in [1.82, 2.24) is 19.2 Å². The van der Waals surface area contributed by atoms with Crippen LogP contribution in [0.2, 0.25) is 0 Å². The number of aromatic nitrogens is 3. The van der Waals surface area contributed by atoms with E-state index in [-0.39, 0.29) is 24.1 Å². The van der Waals surface area contributed by atoms with E-state index in [0.717, 1.165) is 67.6 Å². The van der Waals surface area contributed by atoms with Crippen molar-refractivity contribution in [3.05, 3.63) is 94.5 Å². The molecular formula is C26H29ClN4O2. The summed E-state index contributed by atoms with van der Waals surface area (Å²) in [6, 6.07) is 20.1. The van der Waals surface area contributed by atoms with E-state index in [1.165, 1.54) is 5.56 Å². The van der Waals surface area contributed by atoms with Gasteiger partial charge in [0.05, 0.1) is 24.4 Å². The number of hydrogen-bond acceptors (Lipinski definition) is 4. The van der Waals surface area contributed by atoms with Gasteiger partial charge in [0.15, 0.2) is 0 Å². The van der Waals surface area contributed by atoms with Crippen LogP contribution in [0.4, 0.5) is 0 Å². The first-order valence-corrected chi connectivity index (χ1v) is 11.3. The third-order valence-corrected chi connectivity index (χ3v) is 6.31. The van der Waals surface area contributed by atoms with E-state index in [1.807, 2.05) is 59.5 Å². The number of aliphatic hydroxyl groups is 1. The largest absolute Gasteiger partial charge is 0.392 e. The molecule has 5 rings (SSSR count). The molecule has 7 heteroatoms. The highest BCUT2D eigenvalue weighted by Crippen LogP contribution is 2.19. The number of halogens is 1. The van der Waals surface area contributed by atoms with Crippen molar-refractivity contribution in [3.63, 3.8) is 0 Å². The second kappa shape index (κ2) is 10.3. The Morgan fingerprint density at radius 3 is 2.55 bits per heavy atom. The molecule has 172 valence electrons. The van der Waals surface area contributed by atoms with E-state index >= 15 is 0 Å². The lowest BCUT2D eigenvalue weighted by atomic mass is 10.1. The molecular weight excluding hydrogens is 436 g/mol. The summed E-state index contributed by atoms with van der Waals surface area (Å²) >= 11 is 0. The summed E-state index contributed by atoms with van der Waals surface area (Å²) in [5.41, 5.74) is 4.21. The van der Waals surface area contributed by atoms with Crippen LogP contribution in [0.5, 0.6) is 0 Å². The predicted octanol–water partition coefficient (Wildman–Crippen LogP) is 3.46. The monoisotopic (exact) mass is 464 g/mol. The summed E-state index contributed by atoms with van der Waals surface area (Å²) in [5, 5.41) is 15.3. The van der Waals surface area contributed by atoms with Crippen LogP contribution in [0.25, 0.3) is 16.6 Å². The number of β-amino-alcohol motifs (C(OH)–C–C–N with tert-alkyl or cyclic N) is 1. The molecule has 1 aliphatic rings. The van der Waals surface area contributed by atoms with Crippen LogP contribution in [0.1, 0.15) is 17.5 Å². The summed E-state index contributed by atoms with van der Waals surface area (Å²) in [7, 11) is 0. The Kier molecular flexibility index (Phi) is 7.28. The molecule has 1 atom stereocenters. The molecule has 0 aliphatic carbocycles. The van der Waals surface area contributed by atoms with Crippen LogP contribution in [-0.2, 0) is 19.4 Å². The minimum atomic E-state index is -0.199. The number of hydrogen-bond donors (Lipinski definition) is 1. The first-order valence-electron chi connectivity index (χ1n) is 11.3. The van der Waals surface area contributed by atoms with Gasteiger partial charge in [0.1, 0.15) is 0 Å². The van der Waals surface area contributed by atoms with Gasteiger partial charge >= 0.3 is 0 Å². The molecule has 0 bridgehead atoms. The fraction of sp³-hybridized carbons (Fsp3) is 0.308. The first-order chi connectivity index (χ1) is 15.7. The average molecular weight is 465 g/mol. The molecule has 1 fully saturated rings. The summed E-state index contributed by atoms with van der Waals surface area (Å²) in [6.07, 6.45) is 6.15. The molecule has 2 aromatic carbocycles. The van der Waals surface area contributed by atoms with Gasteiger partial charge in [-0.1, -0.05) is 30.3 Å². The minimum Gasteiger partial charge on any atom is -0.392 e. The van der Waals surface area contributed by atoms with Crippen LogP contribution in [0.15, 0.2) is 77.9 Å². The number of likely N-dealkylation sites (tertiary alicyclic amines) is 1. The lowest BCUT2D eigenvalue weighted by molar-refractivity contribution is 0.175. The maximum absolute atomic E-state index is 12.8. The fourth-order valence-corrected chi connectivity index (χ4v) is 4.48. The van der Waals surface area contributed by atoms with E-state index in [2.05, 4.69) is 22.1 Å². The van der Waals surface area contributed by atoms with Gasteiger partial charge < -0.3 is 5.11 Å². The van der Waals surface area contributed by atoms with Crippen molar-refractivity contribution >= 4 is 23.3 Å². The van der Waals surface area contributed by atoms with Crippen molar-refractivity contribution in [3.8, 4) is 5.69 Å². The van der Waals surface area contributed by atoms with Gasteiger partial charge in [0.25, 0.3) is 5.56 Å². The smallest absolute Gasteiger partial charge is 0.255 e. The maximum Gasteiger partial charge on any atom is 0.255 e. The molecule has 1 N–H and O–H groups in total. The lowest BCUT2D eigenvalue weighted by Gasteiger charge is -2.15. The fourth-order valence-electron chi connectivity index (χ4n) is 4.48. The van der Waals surface area contributed by atoms with Crippen molar-refractivity contribution in [1.29, 1.82) is 0 Å². The summed E-state index contributed by atoms with van der Waals surface area (Å²) in [5.74, 6) is 0. The number of aryl methyl sites for hydroxylation is 2. The summed E-state index contributed by atoms with van der Waals surface area (Å²) < 4.78 is 3.69. The summed E-state index contributed by atoms with van der Waals surface area (Å²) in [6.45, 7) is 3.34. The highest BCUT2D eigenvalue weighted by atomic mass is 35.5. The van der Waals surface area contributed by atoms with Gasteiger partial charge in [-0.3, -0.25) is 18.9 Å². The van der Waals surface area contributed by atoms with Crippen LogP contribution in [0.3, 0.4) is 0 Å². The quantitative estimate of drug-likeness (QED) is 0.455. The Balaban J connectivity index is 0.00000259. The van der Waals surface area contributed by atoms with E-state index < -0.39 is 0 Å². The number of fused-ring (bicyclic) bond motifs is 1. The number of benzene rings is 2. The van der Waals surface area contributed by atoms with Crippen LogP contribution in [0, 0.1) is 0 Å². The Labute approximate surface area is 199 Å². The second-order valence-electron chi connectivity index (χ2n) is 8.58. The third-order valence-electron chi connectivity index (χ3n) is 6.31. The number of rotatable bonds is 7. The highest BCUT2D eigenvalue weighted by Gasteiger charge is 2.19. The molecule has 3 heterocycles. The zero-order chi connectivity index (χ0) is 21.9. The summed E-state index contributed by atoms with van der Waals surface area (Å²) in [4.78, 5) is 15.1. The van der Waals surface area contributed by atoms with Crippen LogP contribution < -0.4 is 5.56 Å². The lowest BCUT2D eigenvalue weighted by Crippen LogP contribution is -2.26. The molecule has 33 heavy (non-hydrogen) atoms. The first kappa shape index (κ1) is 23.2. The zero-order valence-electron chi connectivity index (χ0n) is 18.5. The number of aliphatic hydroxyl groups excluding tert-OH is 1.